The molecule has 0 spiro atoms. The van der Waals surface area contributed by atoms with Gasteiger partial charge in [-0.2, -0.15) is 0 Å². The number of amides is 1. The van der Waals surface area contributed by atoms with Gasteiger partial charge in [-0.3, -0.25) is 14.9 Å². The highest BCUT2D eigenvalue weighted by Crippen LogP contribution is 2.30. The molecule has 1 amide bonds. The molecule has 0 heterocycles. The molecule has 0 aliphatic carbocycles. The van der Waals surface area contributed by atoms with E-state index in [-0.39, 0.29) is 17.3 Å². The Kier molecular flexibility index (Phi) is 4.28. The molecule has 0 saturated carbocycles. The minimum absolute atomic E-state index is 0.0945. The van der Waals surface area contributed by atoms with Gasteiger partial charge in [0.2, 0.25) is 5.91 Å². The molecule has 0 saturated heterocycles. The minimum Gasteiger partial charge on any atom is -0.494 e. The molecular weight excluding hydrogens is 304 g/mol. The lowest BCUT2D eigenvalue weighted by molar-refractivity contribution is -0.384. The van der Waals surface area contributed by atoms with Gasteiger partial charge in [0.25, 0.3) is 5.69 Å². The Balaban J connectivity index is 3.04. The largest absolute Gasteiger partial charge is 0.494 e. The van der Waals surface area contributed by atoms with Crippen molar-refractivity contribution >= 4 is 33.2 Å². The molecule has 1 rings (SSSR count). The van der Waals surface area contributed by atoms with E-state index in [4.69, 9.17) is 4.74 Å². The smallest absolute Gasteiger partial charge is 0.273 e. The second-order valence-electron chi connectivity index (χ2n) is 4.07. The number of benzene rings is 1. The lowest BCUT2D eigenvalue weighted by atomic mass is 10.2. The van der Waals surface area contributed by atoms with Crippen molar-refractivity contribution in [1.82, 2.24) is 0 Å². The quantitative estimate of drug-likeness (QED) is 0.526. The first-order chi connectivity index (χ1) is 8.25. The van der Waals surface area contributed by atoms with Crippen molar-refractivity contribution in [3.05, 3.63) is 28.3 Å². The number of nitrogens with zero attached hydrogens (tertiary/aromatic N) is 1. The molecule has 1 aromatic rings. The fraction of sp³-hybridized carbons (Fsp3) is 0.364. The predicted molar refractivity (Wildman–Crippen MR) is 71.3 cm³/mol. The van der Waals surface area contributed by atoms with Gasteiger partial charge in [0.1, 0.15) is 5.75 Å². The number of nitro groups is 1. The number of non-ortho nitro benzene ring substituents is 1. The van der Waals surface area contributed by atoms with Crippen molar-refractivity contribution in [2.75, 3.05) is 12.4 Å². The Morgan fingerprint density at radius 3 is 2.56 bits per heavy atom. The van der Waals surface area contributed by atoms with Crippen LogP contribution in [0.15, 0.2) is 18.2 Å². The van der Waals surface area contributed by atoms with Crippen LogP contribution in [0.1, 0.15) is 13.8 Å². The summed E-state index contributed by atoms with van der Waals surface area (Å²) >= 11 is 3.22. The molecule has 0 aliphatic heterocycles. The maximum atomic E-state index is 11.8. The summed E-state index contributed by atoms with van der Waals surface area (Å²) in [6.45, 7) is 3.39. The van der Waals surface area contributed by atoms with E-state index < -0.39 is 9.25 Å². The first-order valence-electron chi connectivity index (χ1n) is 5.08. The third kappa shape index (κ3) is 3.43. The lowest BCUT2D eigenvalue weighted by Gasteiger charge is -2.17. The maximum Gasteiger partial charge on any atom is 0.273 e. The number of nitro benzene ring substituents is 1. The summed E-state index contributed by atoms with van der Waals surface area (Å²) in [5, 5.41) is 13.3. The van der Waals surface area contributed by atoms with Gasteiger partial charge in [0, 0.05) is 6.07 Å². The second kappa shape index (κ2) is 5.34. The maximum absolute atomic E-state index is 11.8. The van der Waals surface area contributed by atoms with Gasteiger partial charge < -0.3 is 10.1 Å². The average molecular weight is 317 g/mol. The van der Waals surface area contributed by atoms with Crippen molar-refractivity contribution in [2.24, 2.45) is 0 Å². The van der Waals surface area contributed by atoms with Crippen molar-refractivity contribution < 1.29 is 14.5 Å². The van der Waals surface area contributed by atoms with E-state index >= 15 is 0 Å². The molecule has 18 heavy (non-hydrogen) atoms. The van der Waals surface area contributed by atoms with Crippen LogP contribution in [0.25, 0.3) is 0 Å². The fourth-order valence-corrected chi connectivity index (χ4v) is 1.27. The van der Waals surface area contributed by atoms with Gasteiger partial charge in [-0.1, -0.05) is 15.9 Å². The SMILES string of the molecule is COc1cc([N+](=O)[O-])ccc1NC(=O)C(C)(C)Br. The highest BCUT2D eigenvalue weighted by molar-refractivity contribution is 9.10. The Hall–Kier alpha value is -1.63. The van der Waals surface area contributed by atoms with Crippen LogP contribution < -0.4 is 10.1 Å². The van der Waals surface area contributed by atoms with Crippen LogP contribution in [-0.2, 0) is 4.79 Å². The normalized spacial score (nSPS) is 10.9. The van der Waals surface area contributed by atoms with Crippen LogP contribution in [0, 0.1) is 10.1 Å². The molecule has 6 nitrogen and oxygen atoms in total. The van der Waals surface area contributed by atoms with Crippen molar-refractivity contribution in [2.45, 2.75) is 18.2 Å². The second-order valence-corrected chi connectivity index (χ2v) is 6.05. The van der Waals surface area contributed by atoms with Gasteiger partial charge in [0.05, 0.1) is 28.1 Å². The highest BCUT2D eigenvalue weighted by atomic mass is 79.9. The van der Waals surface area contributed by atoms with Crippen LogP contribution in [0.3, 0.4) is 0 Å². The average Bonchev–Trinajstić information content (AvgIpc) is 2.27. The number of carbonyl (C=O) groups is 1. The molecular formula is C11H13BrN2O4. The summed E-state index contributed by atoms with van der Waals surface area (Å²) in [6, 6.07) is 4.00. The summed E-state index contributed by atoms with van der Waals surface area (Å²) in [4.78, 5) is 21.9. The molecule has 0 radical (unpaired) electrons. The topological polar surface area (TPSA) is 81.5 Å². The van der Waals surface area contributed by atoms with E-state index in [0.29, 0.717) is 5.69 Å². The van der Waals surface area contributed by atoms with E-state index in [2.05, 4.69) is 21.2 Å². The van der Waals surface area contributed by atoms with Gasteiger partial charge in [-0.15, -0.1) is 0 Å². The number of methoxy groups -OCH3 is 1. The number of rotatable bonds is 4. The predicted octanol–water partition coefficient (Wildman–Crippen LogP) is 2.72. The van der Waals surface area contributed by atoms with Crippen LogP contribution in [0.2, 0.25) is 0 Å². The first kappa shape index (κ1) is 14.4. The zero-order chi connectivity index (χ0) is 13.9. The fourth-order valence-electron chi connectivity index (χ4n) is 1.17. The number of halogens is 1. The third-order valence-corrected chi connectivity index (χ3v) is 2.54. The molecule has 1 aromatic carbocycles. The summed E-state index contributed by atoms with van der Waals surface area (Å²) in [7, 11) is 1.38. The molecule has 0 unspecified atom stereocenters. The molecule has 1 N–H and O–H groups in total. The van der Waals surface area contributed by atoms with E-state index in [0.717, 1.165) is 0 Å². The number of carbonyl (C=O) groups excluding carboxylic acids is 1. The van der Waals surface area contributed by atoms with E-state index in [1.807, 2.05) is 0 Å². The zero-order valence-electron chi connectivity index (χ0n) is 10.2. The van der Waals surface area contributed by atoms with Crippen LogP contribution in [-0.4, -0.2) is 22.3 Å². The van der Waals surface area contributed by atoms with Crippen LogP contribution in [0.5, 0.6) is 5.75 Å². The molecule has 0 atom stereocenters. The van der Waals surface area contributed by atoms with Crippen molar-refractivity contribution in [3.63, 3.8) is 0 Å². The van der Waals surface area contributed by atoms with Gasteiger partial charge in [0.15, 0.2) is 0 Å². The number of hydrogen-bond acceptors (Lipinski definition) is 4. The molecule has 0 fully saturated rings. The first-order valence-corrected chi connectivity index (χ1v) is 5.88. The van der Waals surface area contributed by atoms with E-state index in [1.54, 1.807) is 13.8 Å². The number of hydrogen-bond donors (Lipinski definition) is 1. The van der Waals surface area contributed by atoms with Gasteiger partial charge >= 0.3 is 0 Å². The Bertz CT molecular complexity index is 482. The van der Waals surface area contributed by atoms with Gasteiger partial charge in [-0.05, 0) is 19.9 Å². The molecule has 7 heteroatoms. The van der Waals surface area contributed by atoms with E-state index in [1.165, 1.54) is 25.3 Å². The Labute approximate surface area is 113 Å². The molecule has 0 aromatic heterocycles. The Morgan fingerprint density at radius 2 is 2.11 bits per heavy atom. The summed E-state index contributed by atoms with van der Waals surface area (Å²) in [6.07, 6.45) is 0. The summed E-state index contributed by atoms with van der Waals surface area (Å²) in [5.41, 5.74) is 0.295. The number of alkyl halides is 1. The number of nitrogens with one attached hydrogen (secondary N) is 1. The number of anilines is 1. The minimum atomic E-state index is -0.736. The van der Waals surface area contributed by atoms with Crippen molar-refractivity contribution in [3.8, 4) is 5.75 Å². The van der Waals surface area contributed by atoms with Crippen LogP contribution in [0.4, 0.5) is 11.4 Å². The molecule has 0 aliphatic rings. The third-order valence-electron chi connectivity index (χ3n) is 2.18. The van der Waals surface area contributed by atoms with Crippen molar-refractivity contribution in [1.29, 1.82) is 0 Å². The van der Waals surface area contributed by atoms with E-state index in [9.17, 15) is 14.9 Å². The highest BCUT2D eigenvalue weighted by Gasteiger charge is 2.25. The van der Waals surface area contributed by atoms with Gasteiger partial charge in [-0.25, -0.2) is 0 Å². The summed E-state index contributed by atoms with van der Waals surface area (Å²) in [5.74, 6) is -0.0241. The zero-order valence-corrected chi connectivity index (χ0v) is 11.8. The number of ether oxygens (including phenoxy) is 1. The lowest BCUT2D eigenvalue weighted by Crippen LogP contribution is -2.31. The monoisotopic (exact) mass is 316 g/mol. The standard InChI is InChI=1S/C11H13BrN2O4/c1-11(2,12)10(15)13-8-5-4-7(14(16)17)6-9(8)18-3/h4-6H,1-3H3,(H,13,15). The summed E-state index contributed by atoms with van der Waals surface area (Å²) < 4.78 is 4.28. The molecule has 98 valence electrons. The van der Waals surface area contributed by atoms with Crippen LogP contribution >= 0.6 is 15.9 Å². The molecule has 0 bridgehead atoms. The Morgan fingerprint density at radius 1 is 1.50 bits per heavy atom.